The maximum absolute atomic E-state index is 13.4. The molecule has 0 saturated heterocycles. The number of hydrogen-bond acceptors (Lipinski definition) is 2. The summed E-state index contributed by atoms with van der Waals surface area (Å²) in [6.07, 6.45) is 0. The van der Waals surface area contributed by atoms with Crippen LogP contribution in [-0.4, -0.2) is 22.2 Å². The van der Waals surface area contributed by atoms with E-state index in [1.165, 1.54) is 18.2 Å². The van der Waals surface area contributed by atoms with Crippen LogP contribution in [0, 0.1) is 11.7 Å². The first-order valence-corrected chi connectivity index (χ1v) is 6.26. The minimum atomic E-state index is -1.69. The third kappa shape index (κ3) is 3.25. The summed E-state index contributed by atoms with van der Waals surface area (Å²) in [4.78, 5) is 22.7. The topological polar surface area (TPSA) is 74.6 Å². The lowest BCUT2D eigenvalue weighted by Crippen LogP contribution is -2.30. The summed E-state index contributed by atoms with van der Waals surface area (Å²) in [6.45, 7) is 0. The van der Waals surface area contributed by atoms with E-state index in [1.807, 2.05) is 0 Å². The van der Waals surface area contributed by atoms with Crippen molar-refractivity contribution < 1.29 is 24.2 Å². The minimum Gasteiger partial charge on any atom is -0.481 e. The average Bonchev–Trinajstić information content (AvgIpc) is 2.44. The largest absolute Gasteiger partial charge is 0.481 e. The molecule has 0 aromatic heterocycles. The number of halogens is 1. The van der Waals surface area contributed by atoms with Crippen LogP contribution in [0.2, 0.25) is 0 Å². The number of carboxylic acids is 2. The highest BCUT2D eigenvalue weighted by molar-refractivity contribution is 5.94. The first-order chi connectivity index (χ1) is 10.0. The third-order valence-electron chi connectivity index (χ3n) is 3.23. The Balaban J connectivity index is 2.59. The monoisotopic (exact) mass is 288 g/mol. The first kappa shape index (κ1) is 14.7. The first-order valence-electron chi connectivity index (χ1n) is 6.26. The number of rotatable bonds is 5. The molecule has 1 unspecified atom stereocenters. The molecule has 5 heteroatoms. The van der Waals surface area contributed by atoms with Gasteiger partial charge in [-0.2, -0.15) is 0 Å². The quantitative estimate of drug-likeness (QED) is 0.830. The van der Waals surface area contributed by atoms with Gasteiger partial charge in [-0.3, -0.25) is 9.59 Å². The summed E-state index contributed by atoms with van der Waals surface area (Å²) < 4.78 is 13.4. The van der Waals surface area contributed by atoms with Gasteiger partial charge in [0.05, 0.1) is 0 Å². The Morgan fingerprint density at radius 2 is 1.43 bits per heavy atom. The smallest absolute Gasteiger partial charge is 0.318 e. The van der Waals surface area contributed by atoms with E-state index in [0.29, 0.717) is 11.1 Å². The molecule has 0 bridgehead atoms. The second-order valence-corrected chi connectivity index (χ2v) is 4.60. The van der Waals surface area contributed by atoms with Crippen LogP contribution in [0.5, 0.6) is 0 Å². The Labute approximate surface area is 120 Å². The Kier molecular flexibility index (Phi) is 4.33. The summed E-state index contributed by atoms with van der Waals surface area (Å²) in [5, 5.41) is 18.5. The predicted octanol–water partition coefficient (Wildman–Crippen LogP) is 2.74. The molecule has 0 amide bonds. The zero-order chi connectivity index (χ0) is 15.4. The zero-order valence-corrected chi connectivity index (χ0v) is 10.9. The van der Waals surface area contributed by atoms with E-state index in [2.05, 4.69) is 0 Å². The molecular formula is C16H13FO4. The van der Waals surface area contributed by atoms with Crippen molar-refractivity contribution in [2.24, 2.45) is 5.92 Å². The summed E-state index contributed by atoms with van der Waals surface area (Å²) in [5.74, 6) is -6.10. The SMILES string of the molecule is O=C(O)C(C(=O)O)C(c1ccccc1)c1cccc(F)c1. The van der Waals surface area contributed by atoms with Crippen molar-refractivity contribution in [3.05, 3.63) is 71.5 Å². The Bertz CT molecular complexity index is 640. The Morgan fingerprint density at radius 3 is 1.95 bits per heavy atom. The minimum absolute atomic E-state index is 0.316. The molecule has 0 aliphatic heterocycles. The Morgan fingerprint density at radius 1 is 0.857 bits per heavy atom. The van der Waals surface area contributed by atoms with Gasteiger partial charge in [0.1, 0.15) is 5.82 Å². The predicted molar refractivity (Wildman–Crippen MR) is 73.4 cm³/mol. The van der Waals surface area contributed by atoms with Gasteiger partial charge >= 0.3 is 11.9 Å². The molecule has 0 fully saturated rings. The fourth-order valence-corrected chi connectivity index (χ4v) is 2.33. The number of carbonyl (C=O) groups is 2. The maximum Gasteiger partial charge on any atom is 0.318 e. The van der Waals surface area contributed by atoms with E-state index in [9.17, 15) is 24.2 Å². The molecule has 1 atom stereocenters. The lowest BCUT2D eigenvalue weighted by atomic mass is 9.80. The van der Waals surface area contributed by atoms with Gasteiger partial charge in [-0.25, -0.2) is 4.39 Å². The number of aliphatic carboxylic acids is 2. The number of benzene rings is 2. The standard InChI is InChI=1S/C16H13FO4/c17-12-8-4-7-11(9-12)13(10-5-2-1-3-6-10)14(15(18)19)16(20)21/h1-9,13-14H,(H,18,19)(H,20,21). The fraction of sp³-hybridized carbons (Fsp3) is 0.125. The van der Waals surface area contributed by atoms with E-state index < -0.39 is 29.6 Å². The highest BCUT2D eigenvalue weighted by Crippen LogP contribution is 2.33. The second kappa shape index (κ2) is 6.17. The van der Waals surface area contributed by atoms with Crippen LogP contribution in [0.1, 0.15) is 17.0 Å². The molecule has 21 heavy (non-hydrogen) atoms. The molecular weight excluding hydrogens is 275 g/mol. The number of carboxylic acid groups (broad SMARTS) is 2. The highest BCUT2D eigenvalue weighted by Gasteiger charge is 2.37. The van der Waals surface area contributed by atoms with Crippen LogP contribution in [-0.2, 0) is 9.59 Å². The van der Waals surface area contributed by atoms with Crippen molar-refractivity contribution in [2.45, 2.75) is 5.92 Å². The molecule has 2 aromatic carbocycles. The van der Waals surface area contributed by atoms with E-state index >= 15 is 0 Å². The van der Waals surface area contributed by atoms with Crippen molar-refractivity contribution in [1.29, 1.82) is 0 Å². The molecule has 0 aliphatic carbocycles. The second-order valence-electron chi connectivity index (χ2n) is 4.60. The van der Waals surface area contributed by atoms with Crippen molar-refractivity contribution in [3.63, 3.8) is 0 Å². The lowest BCUT2D eigenvalue weighted by Gasteiger charge is -2.22. The van der Waals surface area contributed by atoms with Crippen molar-refractivity contribution in [1.82, 2.24) is 0 Å². The molecule has 0 saturated carbocycles. The van der Waals surface area contributed by atoms with Crippen LogP contribution < -0.4 is 0 Å². The Hall–Kier alpha value is -2.69. The van der Waals surface area contributed by atoms with Crippen LogP contribution in [0.4, 0.5) is 4.39 Å². The van der Waals surface area contributed by atoms with Gasteiger partial charge in [-0.15, -0.1) is 0 Å². The fourth-order valence-electron chi connectivity index (χ4n) is 2.33. The lowest BCUT2D eigenvalue weighted by molar-refractivity contribution is -0.155. The third-order valence-corrected chi connectivity index (χ3v) is 3.23. The van der Waals surface area contributed by atoms with E-state index in [0.717, 1.165) is 6.07 Å². The van der Waals surface area contributed by atoms with Gasteiger partial charge in [0, 0.05) is 5.92 Å². The zero-order valence-electron chi connectivity index (χ0n) is 10.9. The molecule has 4 nitrogen and oxygen atoms in total. The van der Waals surface area contributed by atoms with E-state index in [-0.39, 0.29) is 0 Å². The van der Waals surface area contributed by atoms with Crippen LogP contribution in [0.3, 0.4) is 0 Å². The summed E-state index contributed by atoms with van der Waals surface area (Å²) >= 11 is 0. The summed E-state index contributed by atoms with van der Waals surface area (Å²) in [7, 11) is 0. The summed E-state index contributed by atoms with van der Waals surface area (Å²) in [5.41, 5.74) is 0.828. The van der Waals surface area contributed by atoms with Gasteiger partial charge in [0.2, 0.25) is 0 Å². The normalized spacial score (nSPS) is 12.1. The van der Waals surface area contributed by atoms with Gasteiger partial charge in [-0.1, -0.05) is 42.5 Å². The number of hydrogen-bond donors (Lipinski definition) is 2. The van der Waals surface area contributed by atoms with Crippen LogP contribution in [0.15, 0.2) is 54.6 Å². The summed E-state index contributed by atoms with van der Waals surface area (Å²) in [6, 6.07) is 13.7. The maximum atomic E-state index is 13.4. The molecule has 0 radical (unpaired) electrons. The molecule has 0 heterocycles. The molecule has 2 aromatic rings. The molecule has 0 aliphatic rings. The average molecular weight is 288 g/mol. The van der Waals surface area contributed by atoms with Crippen molar-refractivity contribution in [2.75, 3.05) is 0 Å². The molecule has 0 spiro atoms. The van der Waals surface area contributed by atoms with Crippen molar-refractivity contribution >= 4 is 11.9 Å². The van der Waals surface area contributed by atoms with Crippen LogP contribution in [0.25, 0.3) is 0 Å². The van der Waals surface area contributed by atoms with Crippen molar-refractivity contribution in [3.8, 4) is 0 Å². The van der Waals surface area contributed by atoms with Gasteiger partial charge in [0.15, 0.2) is 5.92 Å². The van der Waals surface area contributed by atoms with Gasteiger partial charge < -0.3 is 10.2 Å². The molecule has 2 rings (SSSR count). The van der Waals surface area contributed by atoms with Gasteiger partial charge in [-0.05, 0) is 23.3 Å². The van der Waals surface area contributed by atoms with E-state index in [1.54, 1.807) is 30.3 Å². The highest BCUT2D eigenvalue weighted by atomic mass is 19.1. The van der Waals surface area contributed by atoms with Crippen LogP contribution >= 0.6 is 0 Å². The van der Waals surface area contributed by atoms with Gasteiger partial charge in [0.25, 0.3) is 0 Å². The molecule has 2 N–H and O–H groups in total. The molecule has 108 valence electrons. The van der Waals surface area contributed by atoms with E-state index in [4.69, 9.17) is 0 Å².